The standard InChI is InChI=1S/C11H12O7S/c1-7-2-4-8(5-3-7)19(16,17)18-9(11(14)15)6-10(12)13/h2-5,9H,6H2,1H3,(H,12,13)(H,14,15). The average Bonchev–Trinajstić information content (AvgIpc) is 2.27. The highest BCUT2D eigenvalue weighted by atomic mass is 32.2. The predicted octanol–water partition coefficient (Wildman–Crippen LogP) is 0.628. The van der Waals surface area contributed by atoms with Crippen molar-refractivity contribution in [2.75, 3.05) is 0 Å². The molecule has 7 nitrogen and oxygen atoms in total. The lowest BCUT2D eigenvalue weighted by molar-refractivity contribution is -0.151. The molecule has 1 atom stereocenters. The molecule has 19 heavy (non-hydrogen) atoms. The van der Waals surface area contributed by atoms with Crippen molar-refractivity contribution < 1.29 is 32.4 Å². The number of carboxylic acid groups (broad SMARTS) is 2. The second-order valence-electron chi connectivity index (χ2n) is 3.79. The normalized spacial score (nSPS) is 12.9. The number of aliphatic carboxylic acids is 2. The Morgan fingerprint density at radius 3 is 2.16 bits per heavy atom. The van der Waals surface area contributed by atoms with Gasteiger partial charge in [-0.15, -0.1) is 0 Å². The number of carboxylic acids is 2. The van der Waals surface area contributed by atoms with Crippen LogP contribution in [0.5, 0.6) is 0 Å². The van der Waals surface area contributed by atoms with Gasteiger partial charge in [0, 0.05) is 0 Å². The van der Waals surface area contributed by atoms with Crippen LogP contribution in [0.25, 0.3) is 0 Å². The molecule has 104 valence electrons. The molecule has 0 aliphatic heterocycles. The van der Waals surface area contributed by atoms with Crippen LogP contribution in [-0.4, -0.2) is 36.7 Å². The highest BCUT2D eigenvalue weighted by Gasteiger charge is 2.29. The van der Waals surface area contributed by atoms with Gasteiger partial charge in [-0.05, 0) is 19.1 Å². The van der Waals surface area contributed by atoms with E-state index in [0.717, 1.165) is 5.56 Å². The topological polar surface area (TPSA) is 118 Å². The average molecular weight is 288 g/mol. The van der Waals surface area contributed by atoms with E-state index in [2.05, 4.69) is 4.18 Å². The number of benzene rings is 1. The van der Waals surface area contributed by atoms with Crippen LogP contribution < -0.4 is 0 Å². The van der Waals surface area contributed by atoms with Crippen molar-refractivity contribution in [2.45, 2.75) is 24.3 Å². The monoisotopic (exact) mass is 288 g/mol. The minimum Gasteiger partial charge on any atom is -0.481 e. The van der Waals surface area contributed by atoms with Crippen molar-refractivity contribution in [3.63, 3.8) is 0 Å². The van der Waals surface area contributed by atoms with E-state index in [4.69, 9.17) is 10.2 Å². The lowest BCUT2D eigenvalue weighted by Gasteiger charge is -2.11. The van der Waals surface area contributed by atoms with Crippen LogP contribution >= 0.6 is 0 Å². The van der Waals surface area contributed by atoms with Gasteiger partial charge in [-0.3, -0.25) is 8.98 Å². The molecule has 0 aromatic heterocycles. The molecular formula is C11H12O7S. The van der Waals surface area contributed by atoms with E-state index in [1.165, 1.54) is 24.3 Å². The number of carbonyl (C=O) groups is 2. The van der Waals surface area contributed by atoms with Gasteiger partial charge < -0.3 is 10.2 Å². The molecule has 0 saturated carbocycles. The van der Waals surface area contributed by atoms with Crippen LogP contribution in [0.4, 0.5) is 0 Å². The number of rotatable bonds is 6. The van der Waals surface area contributed by atoms with Gasteiger partial charge in [0.1, 0.15) is 0 Å². The minimum absolute atomic E-state index is 0.227. The van der Waals surface area contributed by atoms with Gasteiger partial charge in [0.05, 0.1) is 11.3 Å². The van der Waals surface area contributed by atoms with Crippen molar-refractivity contribution >= 4 is 22.1 Å². The fraction of sp³-hybridized carbons (Fsp3) is 0.273. The van der Waals surface area contributed by atoms with E-state index in [-0.39, 0.29) is 4.90 Å². The quantitative estimate of drug-likeness (QED) is 0.737. The van der Waals surface area contributed by atoms with Crippen LogP contribution in [0.2, 0.25) is 0 Å². The Bertz CT molecular complexity index is 574. The second kappa shape index (κ2) is 5.81. The van der Waals surface area contributed by atoms with Crippen LogP contribution in [0.15, 0.2) is 29.2 Å². The minimum atomic E-state index is -4.31. The summed E-state index contributed by atoms with van der Waals surface area (Å²) in [5, 5.41) is 17.2. The molecule has 0 saturated heterocycles. The first kappa shape index (κ1) is 15.1. The maximum Gasteiger partial charge on any atom is 0.335 e. The lowest BCUT2D eigenvalue weighted by Crippen LogP contribution is -2.29. The van der Waals surface area contributed by atoms with Crippen molar-refractivity contribution in [3.05, 3.63) is 29.8 Å². The van der Waals surface area contributed by atoms with E-state index in [9.17, 15) is 18.0 Å². The summed E-state index contributed by atoms with van der Waals surface area (Å²) >= 11 is 0. The van der Waals surface area contributed by atoms with Gasteiger partial charge in [0.2, 0.25) is 0 Å². The Morgan fingerprint density at radius 1 is 1.21 bits per heavy atom. The Morgan fingerprint density at radius 2 is 1.74 bits per heavy atom. The molecule has 0 aliphatic carbocycles. The first-order valence-electron chi connectivity index (χ1n) is 5.17. The van der Waals surface area contributed by atoms with Gasteiger partial charge in [-0.2, -0.15) is 8.42 Å². The van der Waals surface area contributed by atoms with Crippen molar-refractivity contribution in [2.24, 2.45) is 0 Å². The zero-order chi connectivity index (χ0) is 14.6. The molecule has 0 aliphatic rings. The van der Waals surface area contributed by atoms with Gasteiger partial charge in [-0.25, -0.2) is 4.79 Å². The second-order valence-corrected chi connectivity index (χ2v) is 5.36. The molecule has 1 aromatic carbocycles. The Kier molecular flexibility index (Phi) is 4.62. The van der Waals surface area contributed by atoms with E-state index in [1.54, 1.807) is 6.92 Å². The number of hydrogen-bond acceptors (Lipinski definition) is 5. The molecule has 2 N–H and O–H groups in total. The Balaban J connectivity index is 2.97. The van der Waals surface area contributed by atoms with Crippen molar-refractivity contribution in [1.82, 2.24) is 0 Å². The van der Waals surface area contributed by atoms with Gasteiger partial charge in [0.15, 0.2) is 6.10 Å². The van der Waals surface area contributed by atoms with Crippen molar-refractivity contribution in [1.29, 1.82) is 0 Å². The Labute approximate surface area is 109 Å². The summed E-state index contributed by atoms with van der Waals surface area (Å²) in [6.07, 6.45) is -2.90. The van der Waals surface area contributed by atoms with E-state index in [1.807, 2.05) is 0 Å². The maximum absolute atomic E-state index is 11.8. The van der Waals surface area contributed by atoms with Gasteiger partial charge in [-0.1, -0.05) is 17.7 Å². The summed E-state index contributed by atoms with van der Waals surface area (Å²) in [6.45, 7) is 1.75. The van der Waals surface area contributed by atoms with E-state index < -0.39 is 34.6 Å². The number of aryl methyl sites for hydroxylation is 1. The smallest absolute Gasteiger partial charge is 0.335 e. The zero-order valence-electron chi connectivity index (χ0n) is 9.94. The highest BCUT2D eigenvalue weighted by Crippen LogP contribution is 2.16. The summed E-state index contributed by atoms with van der Waals surface area (Å²) in [7, 11) is -4.31. The molecule has 0 bridgehead atoms. The van der Waals surface area contributed by atoms with E-state index in [0.29, 0.717) is 0 Å². The molecule has 0 radical (unpaired) electrons. The molecule has 1 rings (SSSR count). The molecule has 1 aromatic rings. The summed E-state index contributed by atoms with van der Waals surface area (Å²) in [5.41, 5.74) is 0.819. The first-order valence-corrected chi connectivity index (χ1v) is 6.58. The fourth-order valence-corrected chi connectivity index (χ4v) is 2.27. The van der Waals surface area contributed by atoms with E-state index >= 15 is 0 Å². The first-order chi connectivity index (χ1) is 8.72. The predicted molar refractivity (Wildman–Crippen MR) is 63.1 cm³/mol. The SMILES string of the molecule is Cc1ccc(S(=O)(=O)OC(CC(=O)O)C(=O)O)cc1. The van der Waals surface area contributed by atoms with Crippen LogP contribution in [0.1, 0.15) is 12.0 Å². The summed E-state index contributed by atoms with van der Waals surface area (Å²) in [5.74, 6) is -3.12. The summed E-state index contributed by atoms with van der Waals surface area (Å²) < 4.78 is 28.0. The fourth-order valence-electron chi connectivity index (χ4n) is 1.23. The molecule has 8 heteroatoms. The molecule has 0 fully saturated rings. The third kappa shape index (κ3) is 4.34. The third-order valence-electron chi connectivity index (χ3n) is 2.19. The molecular weight excluding hydrogens is 276 g/mol. The zero-order valence-corrected chi connectivity index (χ0v) is 10.8. The summed E-state index contributed by atoms with van der Waals surface area (Å²) in [4.78, 5) is 21.0. The highest BCUT2D eigenvalue weighted by molar-refractivity contribution is 7.86. The van der Waals surface area contributed by atoms with Crippen molar-refractivity contribution in [3.8, 4) is 0 Å². The van der Waals surface area contributed by atoms with Gasteiger partial charge in [0.25, 0.3) is 10.1 Å². The lowest BCUT2D eigenvalue weighted by atomic mass is 10.2. The Hall–Kier alpha value is -1.93. The van der Waals surface area contributed by atoms with Crippen LogP contribution in [0, 0.1) is 6.92 Å². The van der Waals surface area contributed by atoms with Crippen LogP contribution in [0.3, 0.4) is 0 Å². The molecule has 0 spiro atoms. The maximum atomic E-state index is 11.8. The molecule has 0 heterocycles. The summed E-state index contributed by atoms with van der Waals surface area (Å²) in [6, 6.07) is 5.54. The van der Waals surface area contributed by atoms with Crippen LogP contribution in [-0.2, 0) is 23.9 Å². The molecule has 1 unspecified atom stereocenters. The third-order valence-corrected chi connectivity index (χ3v) is 3.52. The number of hydrogen-bond donors (Lipinski definition) is 2. The molecule has 0 amide bonds. The van der Waals surface area contributed by atoms with Gasteiger partial charge >= 0.3 is 11.9 Å². The largest absolute Gasteiger partial charge is 0.481 e.